The number of rotatable bonds is 6. The van der Waals surface area contributed by atoms with Gasteiger partial charge in [0, 0.05) is 29.4 Å². The van der Waals surface area contributed by atoms with Gasteiger partial charge in [0.25, 0.3) is 11.6 Å². The summed E-state index contributed by atoms with van der Waals surface area (Å²) in [5.41, 5.74) is 0.608. The highest BCUT2D eigenvalue weighted by Gasteiger charge is 2.20. The lowest BCUT2D eigenvalue weighted by Gasteiger charge is -2.05. The molecule has 0 aliphatic rings. The van der Waals surface area contributed by atoms with E-state index < -0.39 is 10.8 Å². The van der Waals surface area contributed by atoms with Crippen LogP contribution in [0.1, 0.15) is 28.0 Å². The molecule has 0 bridgehead atoms. The lowest BCUT2D eigenvalue weighted by Crippen LogP contribution is -2.26. The molecule has 0 fully saturated rings. The van der Waals surface area contributed by atoms with Crippen molar-refractivity contribution in [3.8, 4) is 0 Å². The first-order chi connectivity index (χ1) is 10.5. The Morgan fingerprint density at radius 1 is 1.50 bits per heavy atom. The number of nitrogens with zero attached hydrogens (tertiary/aromatic N) is 2. The van der Waals surface area contributed by atoms with Gasteiger partial charge in [0.15, 0.2) is 0 Å². The fraction of sp³-hybridized carbons (Fsp3) is 0.286. The second-order valence-corrected chi connectivity index (χ2v) is 5.89. The van der Waals surface area contributed by atoms with E-state index in [1.807, 2.05) is 12.3 Å². The van der Waals surface area contributed by atoms with Crippen molar-refractivity contribution in [1.29, 1.82) is 0 Å². The Morgan fingerprint density at radius 3 is 2.91 bits per heavy atom. The fourth-order valence-electron chi connectivity index (χ4n) is 1.87. The van der Waals surface area contributed by atoms with Crippen molar-refractivity contribution in [1.82, 2.24) is 10.3 Å². The summed E-state index contributed by atoms with van der Waals surface area (Å²) < 4.78 is 0. The molecule has 0 atom stereocenters. The van der Waals surface area contributed by atoms with Crippen molar-refractivity contribution in [3.63, 3.8) is 0 Å². The third-order valence-electron chi connectivity index (χ3n) is 2.97. The van der Waals surface area contributed by atoms with Crippen LogP contribution in [0.4, 0.5) is 5.69 Å². The first kappa shape index (κ1) is 16.4. The van der Waals surface area contributed by atoms with Gasteiger partial charge in [-0.2, -0.15) is 0 Å². The minimum Gasteiger partial charge on any atom is -0.351 e. The monoisotopic (exact) mass is 339 g/mol. The van der Waals surface area contributed by atoms with E-state index in [2.05, 4.69) is 10.3 Å². The molecular formula is C14H14ClN3O3S. The van der Waals surface area contributed by atoms with Gasteiger partial charge in [-0.05, 0) is 18.6 Å². The highest BCUT2D eigenvalue weighted by Crippen LogP contribution is 2.22. The summed E-state index contributed by atoms with van der Waals surface area (Å²) in [5.74, 6) is -0.514. The predicted molar refractivity (Wildman–Crippen MR) is 85.6 cm³/mol. The van der Waals surface area contributed by atoms with Crippen LogP contribution in [0, 0.1) is 10.1 Å². The van der Waals surface area contributed by atoms with E-state index in [4.69, 9.17) is 11.6 Å². The normalized spacial score (nSPS) is 10.5. The van der Waals surface area contributed by atoms with E-state index in [1.54, 1.807) is 11.3 Å². The molecule has 116 valence electrons. The van der Waals surface area contributed by atoms with Gasteiger partial charge < -0.3 is 5.32 Å². The van der Waals surface area contributed by atoms with Gasteiger partial charge in [-0.25, -0.2) is 4.98 Å². The fourth-order valence-corrected chi connectivity index (χ4v) is 2.83. The largest absolute Gasteiger partial charge is 0.351 e. The zero-order chi connectivity index (χ0) is 16.1. The third-order valence-corrected chi connectivity index (χ3v) is 4.25. The van der Waals surface area contributed by atoms with E-state index in [1.165, 1.54) is 18.2 Å². The molecule has 8 heteroatoms. The van der Waals surface area contributed by atoms with Crippen LogP contribution in [0.15, 0.2) is 23.6 Å². The Kier molecular flexibility index (Phi) is 5.46. The van der Waals surface area contributed by atoms with Crippen LogP contribution < -0.4 is 5.32 Å². The van der Waals surface area contributed by atoms with Crippen LogP contribution in [-0.2, 0) is 12.8 Å². The van der Waals surface area contributed by atoms with Crippen LogP contribution in [0.5, 0.6) is 0 Å². The molecule has 1 amide bonds. The van der Waals surface area contributed by atoms with E-state index >= 15 is 0 Å². The first-order valence-corrected chi connectivity index (χ1v) is 7.92. The molecule has 1 N–H and O–H groups in total. The number of benzene rings is 1. The quantitative estimate of drug-likeness (QED) is 0.646. The van der Waals surface area contributed by atoms with Crippen molar-refractivity contribution in [3.05, 3.63) is 55.0 Å². The first-order valence-electron chi connectivity index (χ1n) is 6.66. The molecule has 0 spiro atoms. The standard InChI is InChI=1S/C14H14ClN3O3S/c1-2-13-17-10(8-22-13)5-6-16-14(19)11-7-9(15)3-4-12(11)18(20)21/h3-4,7-8H,2,5-6H2,1H3,(H,16,19). The van der Waals surface area contributed by atoms with Gasteiger partial charge in [-0.1, -0.05) is 18.5 Å². The highest BCUT2D eigenvalue weighted by molar-refractivity contribution is 7.09. The molecule has 1 aromatic heterocycles. The SMILES string of the molecule is CCc1nc(CCNC(=O)c2cc(Cl)ccc2[N+](=O)[O-])cs1. The van der Waals surface area contributed by atoms with Gasteiger partial charge in [0.05, 0.1) is 15.6 Å². The number of carbonyl (C=O) groups excluding carboxylic acids is 1. The van der Waals surface area contributed by atoms with Crippen molar-refractivity contribution in [2.75, 3.05) is 6.54 Å². The molecule has 2 rings (SSSR count). The predicted octanol–water partition coefficient (Wildman–Crippen LogP) is 3.24. The molecule has 6 nitrogen and oxygen atoms in total. The summed E-state index contributed by atoms with van der Waals surface area (Å²) in [5, 5.41) is 16.9. The maximum atomic E-state index is 12.1. The van der Waals surface area contributed by atoms with Crippen LogP contribution in [0.25, 0.3) is 0 Å². The molecule has 0 aliphatic carbocycles. The van der Waals surface area contributed by atoms with Gasteiger partial charge in [0.1, 0.15) is 5.56 Å². The lowest BCUT2D eigenvalue weighted by atomic mass is 10.1. The number of nitro groups is 1. The van der Waals surface area contributed by atoms with E-state index in [-0.39, 0.29) is 16.3 Å². The van der Waals surface area contributed by atoms with Crippen LogP contribution in [0.3, 0.4) is 0 Å². The van der Waals surface area contributed by atoms with Crippen LogP contribution in [-0.4, -0.2) is 22.4 Å². The number of thiazole rings is 1. The Hall–Kier alpha value is -1.99. The Balaban J connectivity index is 2.00. The van der Waals surface area contributed by atoms with Crippen molar-refractivity contribution >= 4 is 34.5 Å². The molecule has 0 saturated carbocycles. The minimum absolute atomic E-state index is 0.0370. The zero-order valence-electron chi connectivity index (χ0n) is 11.8. The number of nitrogens with one attached hydrogen (secondary N) is 1. The van der Waals surface area contributed by atoms with Gasteiger partial charge in [0.2, 0.25) is 0 Å². The summed E-state index contributed by atoms with van der Waals surface area (Å²) in [4.78, 5) is 26.8. The summed E-state index contributed by atoms with van der Waals surface area (Å²) in [6.45, 7) is 2.39. The molecule has 0 saturated heterocycles. The Morgan fingerprint density at radius 2 is 2.27 bits per heavy atom. The minimum atomic E-state index is -0.598. The van der Waals surface area contributed by atoms with Crippen molar-refractivity contribution < 1.29 is 9.72 Å². The Bertz CT molecular complexity index is 702. The summed E-state index contributed by atoms with van der Waals surface area (Å²) in [6, 6.07) is 3.91. The average Bonchev–Trinajstić information content (AvgIpc) is 2.94. The Labute approximate surface area is 136 Å². The molecule has 22 heavy (non-hydrogen) atoms. The summed E-state index contributed by atoms with van der Waals surface area (Å²) >= 11 is 7.39. The molecular weight excluding hydrogens is 326 g/mol. The number of nitro benzene ring substituents is 1. The maximum Gasteiger partial charge on any atom is 0.282 e. The molecule has 2 aromatic rings. The smallest absolute Gasteiger partial charge is 0.282 e. The second kappa shape index (κ2) is 7.33. The van der Waals surface area contributed by atoms with E-state index in [0.717, 1.165) is 17.1 Å². The molecule has 0 unspecified atom stereocenters. The van der Waals surface area contributed by atoms with Crippen molar-refractivity contribution in [2.45, 2.75) is 19.8 Å². The number of carbonyl (C=O) groups is 1. The topological polar surface area (TPSA) is 85.1 Å². The number of hydrogen-bond acceptors (Lipinski definition) is 5. The van der Waals surface area contributed by atoms with Gasteiger partial charge in [-0.15, -0.1) is 11.3 Å². The number of aromatic nitrogens is 1. The highest BCUT2D eigenvalue weighted by atomic mass is 35.5. The summed E-state index contributed by atoms with van der Waals surface area (Å²) in [6.07, 6.45) is 1.46. The zero-order valence-corrected chi connectivity index (χ0v) is 13.4. The average molecular weight is 340 g/mol. The van der Waals surface area contributed by atoms with Crippen molar-refractivity contribution in [2.24, 2.45) is 0 Å². The number of amides is 1. The van der Waals surface area contributed by atoms with Crippen LogP contribution in [0.2, 0.25) is 5.02 Å². The number of hydrogen-bond donors (Lipinski definition) is 1. The molecule has 0 aliphatic heterocycles. The third kappa shape index (κ3) is 4.02. The maximum absolute atomic E-state index is 12.1. The number of halogens is 1. The number of aryl methyl sites for hydroxylation is 1. The lowest BCUT2D eigenvalue weighted by molar-refractivity contribution is -0.385. The van der Waals surface area contributed by atoms with E-state index in [0.29, 0.717) is 13.0 Å². The molecule has 0 radical (unpaired) electrons. The van der Waals surface area contributed by atoms with Crippen LogP contribution >= 0.6 is 22.9 Å². The van der Waals surface area contributed by atoms with Gasteiger partial charge >= 0.3 is 0 Å². The van der Waals surface area contributed by atoms with E-state index in [9.17, 15) is 14.9 Å². The van der Waals surface area contributed by atoms with Gasteiger partial charge in [-0.3, -0.25) is 14.9 Å². The second-order valence-electron chi connectivity index (χ2n) is 4.51. The summed E-state index contributed by atoms with van der Waals surface area (Å²) in [7, 11) is 0. The molecule has 1 heterocycles. The molecule has 1 aromatic carbocycles.